The first-order chi connectivity index (χ1) is 15.9. The summed E-state index contributed by atoms with van der Waals surface area (Å²) in [7, 11) is -7.71. The van der Waals surface area contributed by atoms with Crippen LogP contribution in [-0.4, -0.2) is 40.0 Å². The average molecular weight is 523 g/mol. The van der Waals surface area contributed by atoms with E-state index in [1.807, 2.05) is 0 Å². The van der Waals surface area contributed by atoms with Gasteiger partial charge in [-0.05, 0) is 67.9 Å². The Morgan fingerprint density at radius 3 is 2.29 bits per heavy atom. The van der Waals surface area contributed by atoms with Crippen LogP contribution >= 0.6 is 11.6 Å². The van der Waals surface area contributed by atoms with Crippen molar-refractivity contribution >= 4 is 54.7 Å². The van der Waals surface area contributed by atoms with Crippen molar-refractivity contribution in [3.8, 4) is 0 Å². The van der Waals surface area contributed by atoms with Gasteiger partial charge >= 0.3 is 0 Å². The van der Waals surface area contributed by atoms with Crippen molar-refractivity contribution in [3.05, 3.63) is 77.4 Å². The predicted molar refractivity (Wildman–Crippen MR) is 133 cm³/mol. The van der Waals surface area contributed by atoms with Crippen LogP contribution in [0.15, 0.2) is 71.8 Å². The number of carbonyl (C=O) groups excluding carboxylic acids is 1. The molecule has 1 aromatic heterocycles. The highest BCUT2D eigenvalue weighted by Crippen LogP contribution is 2.28. The van der Waals surface area contributed by atoms with Crippen molar-refractivity contribution in [1.82, 2.24) is 4.98 Å². The quantitative estimate of drug-likeness (QED) is 0.465. The smallest absolute Gasteiger partial charge is 0.263 e. The van der Waals surface area contributed by atoms with Gasteiger partial charge in [-0.3, -0.25) is 13.8 Å². The molecule has 0 unspecified atom stereocenters. The minimum atomic E-state index is -3.88. The Morgan fingerprint density at radius 1 is 1.03 bits per heavy atom. The number of aryl methyl sites for hydroxylation is 1. The van der Waals surface area contributed by atoms with Crippen molar-refractivity contribution in [3.63, 3.8) is 0 Å². The summed E-state index contributed by atoms with van der Waals surface area (Å²) >= 11 is 6.05. The first kappa shape index (κ1) is 25.5. The van der Waals surface area contributed by atoms with Gasteiger partial charge in [0.25, 0.3) is 10.0 Å². The Balaban J connectivity index is 1.79. The molecule has 9 nitrogen and oxygen atoms in total. The molecule has 34 heavy (non-hydrogen) atoms. The van der Waals surface area contributed by atoms with Crippen molar-refractivity contribution in [2.45, 2.75) is 24.8 Å². The van der Waals surface area contributed by atoms with Crippen molar-refractivity contribution in [2.24, 2.45) is 0 Å². The van der Waals surface area contributed by atoms with E-state index in [9.17, 15) is 21.6 Å². The van der Waals surface area contributed by atoms with Gasteiger partial charge in [-0.2, -0.15) is 0 Å². The summed E-state index contributed by atoms with van der Waals surface area (Å²) in [5, 5.41) is 2.95. The van der Waals surface area contributed by atoms with Gasteiger partial charge < -0.3 is 5.32 Å². The lowest BCUT2D eigenvalue weighted by molar-refractivity contribution is -0.116. The molecule has 0 aliphatic carbocycles. The minimum absolute atomic E-state index is 0.0310. The molecule has 0 saturated carbocycles. The van der Waals surface area contributed by atoms with Gasteiger partial charge in [0.05, 0.1) is 16.8 Å². The van der Waals surface area contributed by atoms with Crippen LogP contribution in [0.5, 0.6) is 0 Å². The monoisotopic (exact) mass is 522 g/mol. The van der Waals surface area contributed by atoms with Crippen LogP contribution in [0.1, 0.15) is 12.5 Å². The van der Waals surface area contributed by atoms with Crippen LogP contribution in [0.4, 0.5) is 17.2 Å². The fourth-order valence-electron chi connectivity index (χ4n) is 3.18. The zero-order valence-corrected chi connectivity index (χ0v) is 20.9. The number of benzene rings is 2. The van der Waals surface area contributed by atoms with Gasteiger partial charge in [0.2, 0.25) is 15.9 Å². The molecule has 0 fully saturated rings. The number of sulfonamides is 2. The molecule has 12 heteroatoms. The standard InChI is InChI=1S/C22H23ClN4O5S2/c1-15-7-8-17(23)14-20(15)27(33(3,29)30)16(2)22(28)25-18-9-11-19(12-10-18)34(31,32)26-21-6-4-5-13-24-21/h4-14,16H,1-3H3,(H,24,26)(H,25,28)/t16-/m1/s1. The van der Waals surface area contributed by atoms with E-state index < -0.39 is 32.0 Å². The topological polar surface area (TPSA) is 126 Å². The number of nitrogens with one attached hydrogen (secondary N) is 2. The lowest BCUT2D eigenvalue weighted by Gasteiger charge is -2.29. The number of carbonyl (C=O) groups is 1. The van der Waals surface area contributed by atoms with Crippen LogP contribution in [0.2, 0.25) is 5.02 Å². The van der Waals surface area contributed by atoms with Crippen LogP contribution in [0.3, 0.4) is 0 Å². The Labute approximate surface area is 203 Å². The van der Waals surface area contributed by atoms with E-state index in [1.165, 1.54) is 49.5 Å². The highest BCUT2D eigenvalue weighted by Gasteiger charge is 2.30. The summed E-state index contributed by atoms with van der Waals surface area (Å²) in [6, 6.07) is 14.0. The molecule has 1 amide bonds. The summed E-state index contributed by atoms with van der Waals surface area (Å²) < 4.78 is 53.5. The molecule has 0 aliphatic rings. The van der Waals surface area contributed by atoms with E-state index in [4.69, 9.17) is 11.6 Å². The maximum absolute atomic E-state index is 12.9. The number of halogens is 1. The normalized spacial score (nSPS) is 12.6. The Bertz CT molecular complexity index is 1400. The molecule has 3 rings (SSSR count). The highest BCUT2D eigenvalue weighted by atomic mass is 35.5. The second-order valence-corrected chi connectivity index (χ2v) is 11.5. The third-order valence-electron chi connectivity index (χ3n) is 4.83. The Kier molecular flexibility index (Phi) is 7.49. The maximum Gasteiger partial charge on any atom is 0.263 e. The second kappa shape index (κ2) is 10.00. The molecule has 2 N–H and O–H groups in total. The van der Waals surface area contributed by atoms with E-state index in [2.05, 4.69) is 15.0 Å². The molecule has 0 aliphatic heterocycles. The fraction of sp³-hybridized carbons (Fsp3) is 0.182. The van der Waals surface area contributed by atoms with Gasteiger partial charge in [0, 0.05) is 16.9 Å². The summed E-state index contributed by atoms with van der Waals surface area (Å²) in [4.78, 5) is 16.8. The summed E-state index contributed by atoms with van der Waals surface area (Å²) in [6.07, 6.45) is 2.47. The Morgan fingerprint density at radius 2 is 1.71 bits per heavy atom. The maximum atomic E-state index is 12.9. The average Bonchev–Trinajstić information content (AvgIpc) is 2.76. The van der Waals surface area contributed by atoms with Crippen LogP contribution in [0.25, 0.3) is 0 Å². The summed E-state index contributed by atoms with van der Waals surface area (Å²) in [6.45, 7) is 3.17. The van der Waals surface area contributed by atoms with E-state index >= 15 is 0 Å². The number of amides is 1. The van der Waals surface area contributed by atoms with Crippen molar-refractivity contribution in [2.75, 3.05) is 20.6 Å². The van der Waals surface area contributed by atoms with Crippen molar-refractivity contribution in [1.29, 1.82) is 0 Å². The van der Waals surface area contributed by atoms with Gasteiger partial charge in [-0.15, -0.1) is 0 Å². The number of rotatable bonds is 8. The third kappa shape index (κ3) is 6.04. The number of aromatic nitrogens is 1. The molecule has 0 saturated heterocycles. The Hall–Kier alpha value is -3.15. The molecule has 0 spiro atoms. The lowest BCUT2D eigenvalue weighted by atomic mass is 10.1. The molecule has 1 atom stereocenters. The molecular formula is C22H23ClN4O5S2. The number of anilines is 3. The second-order valence-electron chi connectivity index (χ2n) is 7.50. The zero-order valence-electron chi connectivity index (χ0n) is 18.6. The number of hydrogen-bond acceptors (Lipinski definition) is 6. The summed E-state index contributed by atoms with van der Waals surface area (Å²) in [5.74, 6) is -0.433. The van der Waals surface area contributed by atoms with Gasteiger partial charge in [-0.25, -0.2) is 21.8 Å². The van der Waals surface area contributed by atoms with E-state index in [1.54, 1.807) is 31.2 Å². The summed E-state index contributed by atoms with van der Waals surface area (Å²) in [5.41, 5.74) is 1.22. The van der Waals surface area contributed by atoms with E-state index in [-0.39, 0.29) is 10.7 Å². The lowest BCUT2D eigenvalue weighted by Crippen LogP contribution is -2.45. The minimum Gasteiger partial charge on any atom is -0.324 e. The number of hydrogen-bond donors (Lipinski definition) is 2. The zero-order chi connectivity index (χ0) is 25.1. The highest BCUT2D eigenvalue weighted by molar-refractivity contribution is 7.92. The molecule has 2 aromatic carbocycles. The first-order valence-electron chi connectivity index (χ1n) is 9.99. The van der Waals surface area contributed by atoms with Crippen LogP contribution < -0.4 is 14.3 Å². The molecular weight excluding hydrogens is 500 g/mol. The molecule has 180 valence electrons. The van der Waals surface area contributed by atoms with E-state index in [0.29, 0.717) is 22.0 Å². The third-order valence-corrected chi connectivity index (χ3v) is 7.67. The van der Waals surface area contributed by atoms with Gasteiger partial charge in [0.1, 0.15) is 11.9 Å². The van der Waals surface area contributed by atoms with Crippen LogP contribution in [-0.2, 0) is 24.8 Å². The van der Waals surface area contributed by atoms with E-state index in [0.717, 1.165) is 10.6 Å². The molecule has 1 heterocycles. The van der Waals surface area contributed by atoms with Gasteiger partial charge in [0.15, 0.2) is 0 Å². The molecule has 0 bridgehead atoms. The van der Waals surface area contributed by atoms with Crippen LogP contribution in [0, 0.1) is 6.92 Å². The SMILES string of the molecule is Cc1ccc(Cl)cc1N([C@H](C)C(=O)Nc1ccc(S(=O)(=O)Nc2ccccn2)cc1)S(C)(=O)=O. The number of pyridine rings is 1. The molecule has 3 aromatic rings. The molecule has 0 radical (unpaired) electrons. The van der Waals surface area contributed by atoms with Crippen molar-refractivity contribution < 1.29 is 21.6 Å². The first-order valence-corrected chi connectivity index (χ1v) is 13.7. The number of nitrogens with zero attached hydrogens (tertiary/aromatic N) is 2. The predicted octanol–water partition coefficient (Wildman–Crippen LogP) is 3.64. The largest absolute Gasteiger partial charge is 0.324 e. The fourth-order valence-corrected chi connectivity index (χ4v) is 5.58. The van der Waals surface area contributed by atoms with Gasteiger partial charge in [-0.1, -0.05) is 23.7 Å².